The summed E-state index contributed by atoms with van der Waals surface area (Å²) in [5.74, 6) is -2.66. The average Bonchev–Trinajstić information content (AvgIpc) is 3.48. The first-order valence-corrected chi connectivity index (χ1v) is 12.6. The van der Waals surface area contributed by atoms with Crippen LogP contribution in [0, 0.1) is 23.7 Å². The molecule has 0 unspecified atom stereocenters. The molecule has 1 heterocycles. The van der Waals surface area contributed by atoms with E-state index >= 15 is 0 Å². The molecule has 0 radical (unpaired) electrons. The number of carbonyl (C=O) groups excluding carboxylic acids is 4. The summed E-state index contributed by atoms with van der Waals surface area (Å²) in [5.41, 5.74) is 0.855. The maximum Gasteiger partial charge on any atom is 0.338 e. The number of nitrogens with one attached hydrogen (secondary N) is 1. The van der Waals surface area contributed by atoms with Crippen molar-refractivity contribution in [2.45, 2.75) is 24.1 Å². The smallest absolute Gasteiger partial charge is 0.338 e. The van der Waals surface area contributed by atoms with E-state index in [0.29, 0.717) is 24.5 Å². The lowest BCUT2D eigenvalue weighted by atomic mass is 9.80. The molecule has 5 rings (SSSR count). The molecular formula is C26H24Cl2N2O6. The fraction of sp³-hybridized carbons (Fsp3) is 0.385. The fourth-order valence-electron chi connectivity index (χ4n) is 5.63. The third-order valence-corrected chi connectivity index (χ3v) is 8.44. The summed E-state index contributed by atoms with van der Waals surface area (Å²) in [7, 11) is 0. The molecule has 1 aliphatic heterocycles. The second kappa shape index (κ2) is 9.75. The Kier molecular flexibility index (Phi) is 6.66. The molecule has 2 aromatic rings. The number of rotatable bonds is 7. The van der Waals surface area contributed by atoms with Crippen molar-refractivity contribution in [2.24, 2.45) is 23.7 Å². The molecule has 3 fully saturated rings. The third-order valence-electron chi connectivity index (χ3n) is 7.12. The lowest BCUT2D eigenvalue weighted by molar-refractivity contribution is -0.123. The van der Waals surface area contributed by atoms with Crippen molar-refractivity contribution in [3.8, 4) is 5.75 Å². The molecular weight excluding hydrogens is 507 g/mol. The van der Waals surface area contributed by atoms with Gasteiger partial charge in [-0.25, -0.2) is 4.79 Å². The van der Waals surface area contributed by atoms with Crippen LogP contribution >= 0.6 is 23.2 Å². The molecule has 1 saturated heterocycles. The molecule has 0 aromatic heterocycles. The van der Waals surface area contributed by atoms with Gasteiger partial charge < -0.3 is 14.8 Å². The van der Waals surface area contributed by atoms with Gasteiger partial charge in [0.15, 0.2) is 6.61 Å². The zero-order valence-electron chi connectivity index (χ0n) is 19.4. The number of alkyl halides is 2. The van der Waals surface area contributed by atoms with Crippen LogP contribution in [0.5, 0.6) is 5.75 Å². The molecule has 1 N–H and O–H groups in total. The van der Waals surface area contributed by atoms with Gasteiger partial charge in [0, 0.05) is 0 Å². The highest BCUT2D eigenvalue weighted by Gasteiger charge is 2.66. The fourth-order valence-corrected chi connectivity index (χ4v) is 6.52. The van der Waals surface area contributed by atoms with Crippen molar-refractivity contribution < 1.29 is 28.7 Å². The Bertz CT molecular complexity index is 1200. The lowest BCUT2D eigenvalue weighted by Crippen LogP contribution is -2.37. The summed E-state index contributed by atoms with van der Waals surface area (Å²) in [6, 6.07) is 13.0. The maximum absolute atomic E-state index is 13.2. The number of amides is 3. The van der Waals surface area contributed by atoms with E-state index in [4.69, 9.17) is 32.7 Å². The number of nitrogens with zero attached hydrogens (tertiary/aromatic N) is 1. The molecule has 36 heavy (non-hydrogen) atoms. The first kappa shape index (κ1) is 24.6. The van der Waals surface area contributed by atoms with E-state index in [1.165, 1.54) is 12.1 Å². The summed E-state index contributed by atoms with van der Waals surface area (Å²) in [4.78, 5) is 52.5. The van der Waals surface area contributed by atoms with Crippen molar-refractivity contribution >= 4 is 58.3 Å². The second-order valence-corrected chi connectivity index (χ2v) is 10.1. The molecule has 10 heteroatoms. The van der Waals surface area contributed by atoms with Crippen molar-refractivity contribution in [3.05, 3.63) is 54.1 Å². The zero-order valence-corrected chi connectivity index (χ0v) is 20.9. The average molecular weight is 531 g/mol. The van der Waals surface area contributed by atoms with Gasteiger partial charge in [0.25, 0.3) is 5.91 Å². The van der Waals surface area contributed by atoms with Crippen LogP contribution in [0.25, 0.3) is 0 Å². The molecule has 6 atom stereocenters. The van der Waals surface area contributed by atoms with E-state index in [0.717, 1.165) is 4.90 Å². The standard InChI is InChI=1S/C26H24Cl2N2O6/c1-2-35-18-9-4-3-8-17(18)29-19(31)12-36-26(34)13-6-5-7-14(10-13)30-24(32)20-15-11-16(21(20)25(30)33)23(28)22(15)27/h3-10,15-16,20-23H,2,11-12H2,1H3,(H,29,31)/t15-,16-,20-,21-,22+,23+/m1/s1. The number of anilines is 2. The highest BCUT2D eigenvalue weighted by atomic mass is 35.5. The predicted molar refractivity (Wildman–Crippen MR) is 133 cm³/mol. The Balaban J connectivity index is 1.25. The molecule has 3 aliphatic rings. The normalized spacial score (nSPS) is 28.2. The van der Waals surface area contributed by atoms with E-state index in [-0.39, 0.29) is 45.7 Å². The first-order valence-electron chi connectivity index (χ1n) is 11.8. The number of fused-ring (bicyclic) bond motifs is 5. The summed E-state index contributed by atoms with van der Waals surface area (Å²) >= 11 is 12.8. The van der Waals surface area contributed by atoms with Gasteiger partial charge in [0.2, 0.25) is 11.8 Å². The number of benzene rings is 2. The van der Waals surface area contributed by atoms with Crippen molar-refractivity contribution in [1.29, 1.82) is 0 Å². The van der Waals surface area contributed by atoms with Gasteiger partial charge >= 0.3 is 5.97 Å². The van der Waals surface area contributed by atoms with Crippen molar-refractivity contribution in [1.82, 2.24) is 0 Å². The first-order chi connectivity index (χ1) is 17.3. The highest BCUT2D eigenvalue weighted by Crippen LogP contribution is 2.59. The van der Waals surface area contributed by atoms with Crippen LogP contribution < -0.4 is 15.0 Å². The minimum atomic E-state index is -0.758. The Labute approximate surface area is 217 Å². The Morgan fingerprint density at radius 3 is 2.33 bits per heavy atom. The quantitative estimate of drug-likeness (QED) is 0.331. The maximum atomic E-state index is 13.2. The van der Waals surface area contributed by atoms with Crippen LogP contribution in [0.1, 0.15) is 23.7 Å². The molecule has 2 aromatic carbocycles. The van der Waals surface area contributed by atoms with Crippen molar-refractivity contribution in [3.63, 3.8) is 0 Å². The van der Waals surface area contributed by atoms with Gasteiger partial charge in [-0.05, 0) is 55.5 Å². The van der Waals surface area contributed by atoms with Gasteiger partial charge in [-0.3, -0.25) is 19.3 Å². The number of imide groups is 1. The SMILES string of the molecule is CCOc1ccccc1NC(=O)COC(=O)c1cccc(N2C(=O)[C@@H]3[C@H]4C[C@@H]([C@H](Cl)[C@H]4Cl)[C@H]3C2=O)c1. The number of carbonyl (C=O) groups is 4. The van der Waals surface area contributed by atoms with Gasteiger partial charge in [-0.2, -0.15) is 0 Å². The minimum absolute atomic E-state index is 0.112. The monoisotopic (exact) mass is 530 g/mol. The number of esters is 1. The summed E-state index contributed by atoms with van der Waals surface area (Å²) in [5, 5.41) is 1.96. The van der Waals surface area contributed by atoms with E-state index < -0.39 is 30.3 Å². The number of hydrogen-bond donors (Lipinski definition) is 1. The molecule has 2 bridgehead atoms. The van der Waals surface area contributed by atoms with E-state index in [2.05, 4.69) is 5.32 Å². The number of para-hydroxylation sites is 2. The topological polar surface area (TPSA) is 102 Å². The van der Waals surface area contributed by atoms with Crippen LogP contribution in [-0.2, 0) is 19.1 Å². The molecule has 2 saturated carbocycles. The number of hydrogen-bond acceptors (Lipinski definition) is 6. The number of ether oxygens (including phenoxy) is 2. The van der Waals surface area contributed by atoms with Crippen LogP contribution in [0.4, 0.5) is 11.4 Å². The van der Waals surface area contributed by atoms with Crippen molar-refractivity contribution in [2.75, 3.05) is 23.4 Å². The lowest BCUT2D eigenvalue weighted by Gasteiger charge is -2.28. The third kappa shape index (κ3) is 4.12. The van der Waals surface area contributed by atoms with Gasteiger partial charge in [-0.15, -0.1) is 23.2 Å². The minimum Gasteiger partial charge on any atom is -0.492 e. The molecule has 8 nitrogen and oxygen atoms in total. The zero-order chi connectivity index (χ0) is 25.6. The molecule has 188 valence electrons. The largest absolute Gasteiger partial charge is 0.492 e. The van der Waals surface area contributed by atoms with Crippen LogP contribution in [0.3, 0.4) is 0 Å². The van der Waals surface area contributed by atoms with Gasteiger partial charge in [0.05, 0.1) is 46.1 Å². The van der Waals surface area contributed by atoms with Crippen LogP contribution in [-0.4, -0.2) is 47.7 Å². The van der Waals surface area contributed by atoms with E-state index in [1.807, 2.05) is 6.92 Å². The Morgan fingerprint density at radius 1 is 1.00 bits per heavy atom. The molecule has 3 amide bonds. The number of halogens is 2. The van der Waals surface area contributed by atoms with Gasteiger partial charge in [-0.1, -0.05) is 18.2 Å². The van der Waals surface area contributed by atoms with E-state index in [9.17, 15) is 19.2 Å². The van der Waals surface area contributed by atoms with E-state index in [1.54, 1.807) is 36.4 Å². The van der Waals surface area contributed by atoms with Crippen LogP contribution in [0.2, 0.25) is 0 Å². The molecule has 0 spiro atoms. The van der Waals surface area contributed by atoms with Gasteiger partial charge in [0.1, 0.15) is 5.75 Å². The summed E-state index contributed by atoms with van der Waals surface area (Å²) in [6.45, 7) is 1.74. The second-order valence-electron chi connectivity index (χ2n) is 9.12. The molecule has 2 aliphatic carbocycles. The summed E-state index contributed by atoms with van der Waals surface area (Å²) in [6.07, 6.45) is 0.673. The summed E-state index contributed by atoms with van der Waals surface area (Å²) < 4.78 is 10.6. The predicted octanol–water partition coefficient (Wildman–Crippen LogP) is 3.85. The Hall–Kier alpha value is -3.10. The Morgan fingerprint density at radius 2 is 1.67 bits per heavy atom. The highest BCUT2D eigenvalue weighted by molar-refractivity contribution is 6.32. The van der Waals surface area contributed by atoms with Crippen LogP contribution in [0.15, 0.2) is 48.5 Å².